The molecular weight excluding hydrogens is 677 g/mol. The monoisotopic (exact) mass is 756 g/mol. The van der Waals surface area contributed by atoms with E-state index in [0.717, 1.165) is 57.8 Å². The Hall–Kier alpha value is -1.77. The summed E-state index contributed by atoms with van der Waals surface area (Å²) < 4.78 is 33.8. The molecule has 52 heavy (non-hydrogen) atoms. The van der Waals surface area contributed by atoms with E-state index < -0.39 is 32.5 Å². The van der Waals surface area contributed by atoms with Crippen LogP contribution in [0.3, 0.4) is 0 Å². The van der Waals surface area contributed by atoms with Gasteiger partial charge in [0.05, 0.1) is 27.7 Å². The van der Waals surface area contributed by atoms with Gasteiger partial charge in [-0.15, -0.1) is 0 Å². The highest BCUT2D eigenvalue weighted by Crippen LogP contribution is 2.38. The number of ether oxygens (including phenoxy) is 2. The van der Waals surface area contributed by atoms with Crippen molar-refractivity contribution in [2.45, 2.75) is 174 Å². The molecule has 0 aliphatic carbocycles. The number of quaternary nitrogens is 1. The summed E-state index contributed by atoms with van der Waals surface area (Å²) in [6.45, 7) is 4.14. The summed E-state index contributed by atoms with van der Waals surface area (Å²) in [6.07, 6.45) is 37.4. The van der Waals surface area contributed by atoms with Crippen molar-refractivity contribution >= 4 is 19.8 Å². The molecule has 0 aliphatic rings. The van der Waals surface area contributed by atoms with Crippen molar-refractivity contribution < 1.29 is 42.1 Å². The summed E-state index contributed by atoms with van der Waals surface area (Å²) in [5.41, 5.74) is 0. The fourth-order valence-electron chi connectivity index (χ4n) is 5.32. The first-order chi connectivity index (χ1) is 25.0. The average molecular weight is 756 g/mol. The number of hydrogen-bond acceptors (Lipinski definition) is 8. The van der Waals surface area contributed by atoms with Gasteiger partial charge in [0, 0.05) is 12.8 Å². The van der Waals surface area contributed by atoms with Gasteiger partial charge in [0.2, 0.25) is 0 Å². The third-order valence-electron chi connectivity index (χ3n) is 8.63. The Morgan fingerprint density at radius 1 is 0.596 bits per heavy atom. The maximum absolute atomic E-state index is 12.6. The predicted molar refractivity (Wildman–Crippen MR) is 213 cm³/mol. The Bertz CT molecular complexity index is 991. The molecular formula is C42H78NO8P. The molecule has 0 radical (unpaired) electrons. The van der Waals surface area contributed by atoms with E-state index in [1.165, 1.54) is 70.6 Å². The summed E-state index contributed by atoms with van der Waals surface area (Å²) in [6, 6.07) is 0. The van der Waals surface area contributed by atoms with Crippen molar-refractivity contribution in [2.75, 3.05) is 47.5 Å². The van der Waals surface area contributed by atoms with Crippen molar-refractivity contribution in [3.63, 3.8) is 0 Å². The molecule has 0 fully saturated rings. The van der Waals surface area contributed by atoms with E-state index in [1.54, 1.807) is 0 Å². The zero-order valence-electron chi connectivity index (χ0n) is 34.0. The average Bonchev–Trinajstić information content (AvgIpc) is 3.09. The zero-order valence-corrected chi connectivity index (χ0v) is 34.9. The van der Waals surface area contributed by atoms with Gasteiger partial charge in [-0.1, -0.05) is 121 Å². The number of likely N-dealkylation sites (N-methyl/N-ethyl adjacent to an activating group) is 1. The second-order valence-electron chi connectivity index (χ2n) is 15.0. The normalized spacial score (nSPS) is 14.0. The van der Waals surface area contributed by atoms with Gasteiger partial charge in [0.25, 0.3) is 7.82 Å². The first-order valence-electron chi connectivity index (χ1n) is 20.7. The van der Waals surface area contributed by atoms with Gasteiger partial charge in [0.15, 0.2) is 6.10 Å². The quantitative estimate of drug-likeness (QED) is 0.0203. The van der Waals surface area contributed by atoms with E-state index in [0.29, 0.717) is 23.9 Å². The van der Waals surface area contributed by atoms with Gasteiger partial charge in [-0.05, 0) is 70.6 Å². The lowest BCUT2D eigenvalue weighted by Crippen LogP contribution is -2.37. The number of hydrogen-bond donors (Lipinski definition) is 0. The predicted octanol–water partition coefficient (Wildman–Crippen LogP) is 10.7. The van der Waals surface area contributed by atoms with Crippen LogP contribution >= 0.6 is 7.82 Å². The lowest BCUT2D eigenvalue weighted by molar-refractivity contribution is -0.870. The number of allylic oxidation sites excluding steroid dienone is 6. The summed E-state index contributed by atoms with van der Waals surface area (Å²) in [4.78, 5) is 37.4. The van der Waals surface area contributed by atoms with Crippen molar-refractivity contribution in [1.29, 1.82) is 0 Å². The minimum absolute atomic E-state index is 0.0382. The van der Waals surface area contributed by atoms with E-state index in [1.807, 2.05) is 21.1 Å². The van der Waals surface area contributed by atoms with Gasteiger partial charge in [-0.2, -0.15) is 0 Å². The van der Waals surface area contributed by atoms with E-state index in [9.17, 15) is 19.0 Å². The fraction of sp³-hybridized carbons (Fsp3) is 0.810. The highest BCUT2D eigenvalue weighted by Gasteiger charge is 2.21. The smallest absolute Gasteiger partial charge is 0.306 e. The zero-order chi connectivity index (χ0) is 38.6. The van der Waals surface area contributed by atoms with Crippen molar-refractivity contribution in [3.8, 4) is 0 Å². The van der Waals surface area contributed by atoms with Gasteiger partial charge in [-0.25, -0.2) is 0 Å². The van der Waals surface area contributed by atoms with Crippen molar-refractivity contribution in [1.82, 2.24) is 0 Å². The molecule has 0 aromatic heterocycles. The van der Waals surface area contributed by atoms with Crippen molar-refractivity contribution in [3.05, 3.63) is 36.5 Å². The Kier molecular flexibility index (Phi) is 33.8. The van der Waals surface area contributed by atoms with E-state index in [4.69, 9.17) is 18.5 Å². The second-order valence-corrected chi connectivity index (χ2v) is 16.4. The maximum atomic E-state index is 12.6. The molecule has 0 amide bonds. The largest absolute Gasteiger partial charge is 0.756 e. The summed E-state index contributed by atoms with van der Waals surface area (Å²) in [7, 11) is 1.14. The number of rotatable bonds is 37. The summed E-state index contributed by atoms with van der Waals surface area (Å²) in [5, 5.41) is 0. The molecule has 0 saturated carbocycles. The van der Waals surface area contributed by atoms with Crippen LogP contribution in [-0.4, -0.2) is 70.0 Å². The third-order valence-corrected chi connectivity index (χ3v) is 9.60. The minimum atomic E-state index is -4.63. The van der Waals surface area contributed by atoms with E-state index >= 15 is 0 Å². The molecule has 304 valence electrons. The molecule has 0 saturated heterocycles. The molecule has 0 aromatic carbocycles. The first kappa shape index (κ1) is 50.2. The van der Waals surface area contributed by atoms with Crippen LogP contribution in [0.4, 0.5) is 0 Å². The molecule has 10 heteroatoms. The Morgan fingerprint density at radius 3 is 1.60 bits per heavy atom. The number of phosphoric ester groups is 1. The molecule has 0 aromatic rings. The lowest BCUT2D eigenvalue weighted by Gasteiger charge is -2.28. The number of nitrogens with zero attached hydrogens (tertiary/aromatic N) is 1. The molecule has 0 rings (SSSR count). The van der Waals surface area contributed by atoms with Crippen LogP contribution in [0.2, 0.25) is 0 Å². The number of phosphoric acid groups is 1. The third kappa shape index (κ3) is 38.0. The number of carbonyl (C=O) groups is 2. The molecule has 9 nitrogen and oxygen atoms in total. The van der Waals surface area contributed by atoms with E-state index in [2.05, 4.69) is 50.3 Å². The number of esters is 2. The highest BCUT2D eigenvalue weighted by atomic mass is 31.2. The molecule has 1 unspecified atom stereocenters. The first-order valence-corrected chi connectivity index (χ1v) is 22.2. The van der Waals surface area contributed by atoms with Crippen LogP contribution in [-0.2, 0) is 32.7 Å². The molecule has 2 atom stereocenters. The van der Waals surface area contributed by atoms with Crippen LogP contribution in [0.15, 0.2) is 36.5 Å². The SMILES string of the molecule is CCCCCC/C=C/CCCCCCCC(=O)OC[C@H](COP(=O)([O-])OCC[N+](C)(C)C)OC(=O)CCCC/C=C/C/C=C/CCCCCCCC. The molecule has 0 heterocycles. The summed E-state index contributed by atoms with van der Waals surface area (Å²) in [5.74, 6) is -0.884. The van der Waals surface area contributed by atoms with Gasteiger partial charge < -0.3 is 27.9 Å². The highest BCUT2D eigenvalue weighted by molar-refractivity contribution is 7.45. The molecule has 0 spiro atoms. The molecule has 0 aliphatic heterocycles. The van der Waals surface area contributed by atoms with Crippen LogP contribution in [0.1, 0.15) is 168 Å². The van der Waals surface area contributed by atoms with Gasteiger partial charge >= 0.3 is 11.9 Å². The lowest BCUT2D eigenvalue weighted by atomic mass is 10.1. The van der Waals surface area contributed by atoms with Crippen LogP contribution < -0.4 is 4.89 Å². The van der Waals surface area contributed by atoms with Crippen molar-refractivity contribution in [2.24, 2.45) is 0 Å². The van der Waals surface area contributed by atoms with Crippen LogP contribution in [0.25, 0.3) is 0 Å². The Labute approximate surface area is 319 Å². The van der Waals surface area contributed by atoms with E-state index in [-0.39, 0.29) is 26.1 Å². The second kappa shape index (κ2) is 35.0. The maximum Gasteiger partial charge on any atom is 0.306 e. The van der Waals surface area contributed by atoms with Crippen LogP contribution in [0.5, 0.6) is 0 Å². The molecule has 0 bridgehead atoms. The number of unbranched alkanes of at least 4 members (excludes halogenated alkanes) is 17. The Balaban J connectivity index is 4.47. The summed E-state index contributed by atoms with van der Waals surface area (Å²) >= 11 is 0. The molecule has 0 N–H and O–H groups in total. The fourth-order valence-corrected chi connectivity index (χ4v) is 6.05. The number of carbonyl (C=O) groups excluding carboxylic acids is 2. The topological polar surface area (TPSA) is 111 Å². The standard InChI is InChI=1S/C42H78NO8P/c1-6-8-10-12-14-16-18-20-21-23-25-27-29-31-33-35-42(45)51-40(39-50-52(46,47)49-37-36-43(3,4)5)38-48-41(44)34-32-30-28-26-24-22-19-17-15-13-11-9-7-2/h17,19-21,25,27,40H,6-16,18,22-24,26,28-39H2,1-5H3/b19-17+,21-20+,27-25+/t40-/m1/s1. The Morgan fingerprint density at radius 2 is 1.04 bits per heavy atom. The minimum Gasteiger partial charge on any atom is -0.756 e. The van der Waals surface area contributed by atoms with Crippen LogP contribution in [0, 0.1) is 0 Å². The van der Waals surface area contributed by atoms with Gasteiger partial charge in [0.1, 0.15) is 19.8 Å². The van der Waals surface area contributed by atoms with Gasteiger partial charge in [-0.3, -0.25) is 14.2 Å².